The summed E-state index contributed by atoms with van der Waals surface area (Å²) in [5.74, 6) is -1.74. The molecular weight excluding hydrogens is 267 g/mol. The molecule has 1 fully saturated rings. The molecule has 1 saturated heterocycles. The lowest BCUT2D eigenvalue weighted by atomic mass is 10.1. The molecule has 0 saturated carbocycles. The third-order valence-corrected chi connectivity index (χ3v) is 3.63. The average Bonchev–Trinajstić information content (AvgIpc) is 2.65. The minimum Gasteiger partial charge on any atom is -0.274 e. The first-order valence-corrected chi connectivity index (χ1v) is 6.67. The van der Waals surface area contributed by atoms with Gasteiger partial charge < -0.3 is 0 Å². The van der Waals surface area contributed by atoms with Gasteiger partial charge in [-0.25, -0.2) is 9.29 Å². The number of thiocyanates is 1. The Morgan fingerprint density at radius 1 is 1.53 bits per heavy atom. The maximum Gasteiger partial charge on any atom is 0.238 e. The van der Waals surface area contributed by atoms with Crippen LogP contribution in [0.3, 0.4) is 0 Å². The van der Waals surface area contributed by atoms with Gasteiger partial charge in [0.15, 0.2) is 0 Å². The Morgan fingerprint density at radius 2 is 2.26 bits per heavy atom. The number of imide groups is 1. The summed E-state index contributed by atoms with van der Waals surface area (Å²) in [6.07, 6.45) is 0.0287. The number of halogens is 1. The van der Waals surface area contributed by atoms with Crippen molar-refractivity contribution in [2.24, 2.45) is 5.92 Å². The summed E-state index contributed by atoms with van der Waals surface area (Å²) in [4.78, 5) is 24.9. The van der Waals surface area contributed by atoms with Crippen molar-refractivity contribution in [3.8, 4) is 5.40 Å². The molecule has 98 valence electrons. The average molecular weight is 278 g/mol. The Morgan fingerprint density at radius 3 is 2.95 bits per heavy atom. The van der Waals surface area contributed by atoms with E-state index in [-0.39, 0.29) is 17.9 Å². The highest BCUT2D eigenvalue weighted by atomic mass is 32.2. The Labute approximate surface area is 114 Å². The summed E-state index contributed by atoms with van der Waals surface area (Å²) >= 11 is 0.928. The lowest BCUT2D eigenvalue weighted by Crippen LogP contribution is -2.31. The first-order valence-electron chi connectivity index (χ1n) is 5.68. The zero-order valence-electron chi connectivity index (χ0n) is 10.2. The molecule has 1 aromatic carbocycles. The number of benzene rings is 1. The van der Waals surface area contributed by atoms with Gasteiger partial charge in [0.1, 0.15) is 11.2 Å². The molecule has 0 bridgehead atoms. The molecule has 0 radical (unpaired) electrons. The van der Waals surface area contributed by atoms with Crippen LogP contribution in [0.5, 0.6) is 0 Å². The first kappa shape index (κ1) is 13.6. The number of hydrogen-bond donors (Lipinski definition) is 0. The number of anilines is 1. The summed E-state index contributed by atoms with van der Waals surface area (Å²) in [5, 5.41) is 10.4. The molecule has 0 aromatic heterocycles. The molecule has 2 amide bonds. The number of carbonyl (C=O) groups is 2. The lowest BCUT2D eigenvalue weighted by Gasteiger charge is -2.16. The van der Waals surface area contributed by atoms with Crippen LogP contribution in [0.1, 0.15) is 12.0 Å². The van der Waals surface area contributed by atoms with E-state index in [1.54, 1.807) is 13.0 Å². The molecule has 1 aliphatic rings. The molecule has 1 atom stereocenters. The minimum atomic E-state index is -0.596. The number of hydrogen-bond acceptors (Lipinski definition) is 4. The number of amides is 2. The lowest BCUT2D eigenvalue weighted by molar-refractivity contribution is -0.122. The molecule has 4 nitrogen and oxygen atoms in total. The fourth-order valence-corrected chi connectivity index (χ4v) is 2.55. The SMILES string of the molecule is Cc1ccc(F)c(N2C(=O)CC(CSC#N)C2=O)c1. The van der Waals surface area contributed by atoms with E-state index in [1.807, 2.05) is 5.40 Å². The van der Waals surface area contributed by atoms with E-state index >= 15 is 0 Å². The zero-order valence-corrected chi connectivity index (χ0v) is 11.0. The van der Waals surface area contributed by atoms with Crippen LogP contribution < -0.4 is 4.90 Å². The molecule has 1 unspecified atom stereocenters. The maximum atomic E-state index is 13.7. The van der Waals surface area contributed by atoms with Crippen LogP contribution in [-0.4, -0.2) is 17.6 Å². The highest BCUT2D eigenvalue weighted by Gasteiger charge is 2.40. The van der Waals surface area contributed by atoms with Crippen LogP contribution in [0.4, 0.5) is 10.1 Å². The largest absolute Gasteiger partial charge is 0.274 e. The van der Waals surface area contributed by atoms with Gasteiger partial charge in [-0.3, -0.25) is 9.59 Å². The normalized spacial score (nSPS) is 18.8. The predicted molar refractivity (Wildman–Crippen MR) is 69.8 cm³/mol. The van der Waals surface area contributed by atoms with Gasteiger partial charge in [-0.15, -0.1) is 0 Å². The number of carbonyl (C=O) groups excluding carboxylic acids is 2. The van der Waals surface area contributed by atoms with Crippen molar-refractivity contribution in [3.63, 3.8) is 0 Å². The fraction of sp³-hybridized carbons (Fsp3) is 0.308. The second-order valence-electron chi connectivity index (χ2n) is 4.33. The van der Waals surface area contributed by atoms with E-state index in [9.17, 15) is 14.0 Å². The third-order valence-electron chi connectivity index (χ3n) is 2.93. The maximum absolute atomic E-state index is 13.7. The van der Waals surface area contributed by atoms with Crippen LogP contribution in [0, 0.1) is 29.3 Å². The fourth-order valence-electron chi connectivity index (χ4n) is 2.01. The van der Waals surface area contributed by atoms with Crippen LogP contribution in [0.25, 0.3) is 0 Å². The highest BCUT2D eigenvalue weighted by Crippen LogP contribution is 2.30. The molecular formula is C13H11FN2O2S. The molecule has 0 spiro atoms. The monoisotopic (exact) mass is 278 g/mol. The summed E-state index contributed by atoms with van der Waals surface area (Å²) in [6.45, 7) is 1.76. The number of aryl methyl sites for hydroxylation is 1. The predicted octanol–water partition coefficient (Wildman–Crippen LogP) is 2.23. The number of thioether (sulfide) groups is 1. The number of rotatable bonds is 3. The van der Waals surface area contributed by atoms with E-state index in [1.165, 1.54) is 12.1 Å². The summed E-state index contributed by atoms with van der Waals surface area (Å²) in [6, 6.07) is 4.29. The highest BCUT2D eigenvalue weighted by molar-refractivity contribution is 8.03. The van der Waals surface area contributed by atoms with Gasteiger partial charge in [0.2, 0.25) is 11.8 Å². The van der Waals surface area contributed by atoms with Gasteiger partial charge in [0.25, 0.3) is 0 Å². The Kier molecular flexibility index (Phi) is 3.86. The summed E-state index contributed by atoms with van der Waals surface area (Å²) < 4.78 is 13.7. The van der Waals surface area contributed by atoms with Crippen molar-refractivity contribution >= 4 is 29.3 Å². The van der Waals surface area contributed by atoms with Crippen LogP contribution >= 0.6 is 11.8 Å². The van der Waals surface area contributed by atoms with E-state index in [0.717, 1.165) is 22.2 Å². The smallest absolute Gasteiger partial charge is 0.238 e. The quantitative estimate of drug-likeness (QED) is 0.628. The van der Waals surface area contributed by atoms with E-state index in [2.05, 4.69) is 0 Å². The van der Waals surface area contributed by atoms with Gasteiger partial charge in [-0.05, 0) is 36.4 Å². The van der Waals surface area contributed by atoms with E-state index < -0.39 is 23.5 Å². The molecule has 2 rings (SSSR count). The van der Waals surface area contributed by atoms with Crippen molar-refractivity contribution in [1.29, 1.82) is 5.26 Å². The third kappa shape index (κ3) is 2.61. The van der Waals surface area contributed by atoms with Crippen LogP contribution in [-0.2, 0) is 9.59 Å². The van der Waals surface area contributed by atoms with Crippen molar-refractivity contribution in [2.45, 2.75) is 13.3 Å². The van der Waals surface area contributed by atoms with Crippen molar-refractivity contribution in [2.75, 3.05) is 10.7 Å². The van der Waals surface area contributed by atoms with Gasteiger partial charge in [0.05, 0.1) is 11.6 Å². The van der Waals surface area contributed by atoms with Crippen molar-refractivity contribution in [1.82, 2.24) is 0 Å². The summed E-state index contributed by atoms with van der Waals surface area (Å²) in [7, 11) is 0. The van der Waals surface area contributed by atoms with E-state index in [0.29, 0.717) is 0 Å². The van der Waals surface area contributed by atoms with E-state index in [4.69, 9.17) is 5.26 Å². The molecule has 1 aliphatic heterocycles. The number of nitriles is 1. The molecule has 6 heteroatoms. The van der Waals surface area contributed by atoms with Crippen molar-refractivity contribution in [3.05, 3.63) is 29.6 Å². The van der Waals surface area contributed by atoms with Crippen molar-refractivity contribution < 1.29 is 14.0 Å². The zero-order chi connectivity index (χ0) is 14.0. The molecule has 0 aliphatic carbocycles. The second-order valence-corrected chi connectivity index (χ2v) is 5.13. The minimum absolute atomic E-state index is 0.000502. The van der Waals surface area contributed by atoms with Gasteiger partial charge in [-0.1, -0.05) is 6.07 Å². The van der Waals surface area contributed by atoms with Gasteiger partial charge in [-0.2, -0.15) is 5.26 Å². The van der Waals surface area contributed by atoms with Gasteiger partial charge >= 0.3 is 0 Å². The molecule has 19 heavy (non-hydrogen) atoms. The number of nitrogens with zero attached hydrogens (tertiary/aromatic N) is 2. The van der Waals surface area contributed by atoms with Gasteiger partial charge in [0, 0.05) is 12.2 Å². The Hall–Kier alpha value is -1.87. The topological polar surface area (TPSA) is 61.2 Å². The molecule has 0 N–H and O–H groups in total. The Bertz CT molecular complexity index is 582. The Balaban J connectivity index is 2.30. The standard InChI is InChI=1S/C13H11FN2O2S/c1-8-2-3-10(14)11(4-8)16-12(17)5-9(13(16)18)6-19-7-15/h2-4,9H,5-6H2,1H3. The molecule has 1 heterocycles. The van der Waals surface area contributed by atoms with Crippen LogP contribution in [0.2, 0.25) is 0 Å². The second kappa shape index (κ2) is 5.41. The molecule has 1 aromatic rings. The van der Waals surface area contributed by atoms with Crippen LogP contribution in [0.15, 0.2) is 18.2 Å². The first-order chi connectivity index (χ1) is 9.04. The summed E-state index contributed by atoms with van der Waals surface area (Å²) in [5.41, 5.74) is 0.770.